The van der Waals surface area contributed by atoms with Crippen LogP contribution < -0.4 is 11.0 Å². The molecule has 7 heteroatoms. The molecule has 0 radical (unpaired) electrons. The SMILES string of the molecule is O=C(NC1(C(=O)O)CCCC1)c1c[nH]c(=O)[nH]1. The van der Waals surface area contributed by atoms with Crippen molar-refractivity contribution >= 4 is 11.9 Å². The van der Waals surface area contributed by atoms with Gasteiger partial charge in [-0.2, -0.15) is 0 Å². The van der Waals surface area contributed by atoms with Crippen LogP contribution in [0.5, 0.6) is 0 Å². The van der Waals surface area contributed by atoms with Gasteiger partial charge in [0.1, 0.15) is 11.2 Å². The normalized spacial score (nSPS) is 17.9. The number of aromatic amines is 2. The van der Waals surface area contributed by atoms with Crippen molar-refractivity contribution in [3.05, 3.63) is 22.4 Å². The van der Waals surface area contributed by atoms with Gasteiger partial charge in [0.05, 0.1) is 0 Å². The first-order valence-corrected chi connectivity index (χ1v) is 5.37. The zero-order valence-electron chi connectivity index (χ0n) is 9.08. The number of aromatic nitrogens is 2. The molecule has 0 aliphatic heterocycles. The standard InChI is InChI=1S/C10H13N3O4/c14-7(6-5-11-9(17)12-6)13-10(8(15)16)3-1-2-4-10/h5H,1-4H2,(H,13,14)(H,15,16)(H2,11,12,17). The highest BCUT2D eigenvalue weighted by molar-refractivity contribution is 5.96. The van der Waals surface area contributed by atoms with Gasteiger partial charge >= 0.3 is 11.7 Å². The number of carbonyl (C=O) groups is 2. The van der Waals surface area contributed by atoms with Gasteiger partial charge in [0, 0.05) is 6.20 Å². The van der Waals surface area contributed by atoms with Crippen LogP contribution in [0.3, 0.4) is 0 Å². The van der Waals surface area contributed by atoms with Crippen molar-refractivity contribution in [1.29, 1.82) is 0 Å². The van der Waals surface area contributed by atoms with E-state index >= 15 is 0 Å². The van der Waals surface area contributed by atoms with E-state index in [0.29, 0.717) is 12.8 Å². The van der Waals surface area contributed by atoms with Crippen molar-refractivity contribution in [2.45, 2.75) is 31.2 Å². The van der Waals surface area contributed by atoms with Crippen molar-refractivity contribution in [1.82, 2.24) is 15.3 Å². The van der Waals surface area contributed by atoms with Crippen LogP contribution >= 0.6 is 0 Å². The second kappa shape index (κ2) is 4.08. The minimum Gasteiger partial charge on any atom is -0.480 e. The number of rotatable bonds is 3. The number of hydrogen-bond donors (Lipinski definition) is 4. The Morgan fingerprint density at radius 3 is 2.47 bits per heavy atom. The Morgan fingerprint density at radius 1 is 1.35 bits per heavy atom. The van der Waals surface area contributed by atoms with Gasteiger partial charge < -0.3 is 20.4 Å². The van der Waals surface area contributed by atoms with Crippen LogP contribution in [0.4, 0.5) is 0 Å². The lowest BCUT2D eigenvalue weighted by molar-refractivity contribution is -0.144. The van der Waals surface area contributed by atoms with Crippen molar-refractivity contribution in [3.8, 4) is 0 Å². The lowest BCUT2D eigenvalue weighted by atomic mass is 9.98. The third-order valence-corrected chi connectivity index (χ3v) is 3.06. The predicted octanol–water partition coefficient (Wildman–Crippen LogP) is -0.170. The summed E-state index contributed by atoms with van der Waals surface area (Å²) in [6.07, 6.45) is 3.61. The number of H-pyrrole nitrogens is 2. The van der Waals surface area contributed by atoms with Crippen LogP contribution in [0.2, 0.25) is 0 Å². The van der Waals surface area contributed by atoms with Crippen LogP contribution in [0.25, 0.3) is 0 Å². The third-order valence-electron chi connectivity index (χ3n) is 3.06. The highest BCUT2D eigenvalue weighted by Crippen LogP contribution is 2.30. The van der Waals surface area contributed by atoms with Crippen LogP contribution in [-0.4, -0.2) is 32.5 Å². The molecule has 0 spiro atoms. The zero-order valence-corrected chi connectivity index (χ0v) is 9.08. The van der Waals surface area contributed by atoms with E-state index in [1.807, 2.05) is 0 Å². The molecule has 1 aliphatic carbocycles. The summed E-state index contributed by atoms with van der Waals surface area (Å²) in [6.45, 7) is 0. The maximum Gasteiger partial charge on any atom is 0.329 e. The molecule has 0 saturated heterocycles. The lowest BCUT2D eigenvalue weighted by Gasteiger charge is -2.24. The predicted molar refractivity (Wildman–Crippen MR) is 57.7 cm³/mol. The fourth-order valence-corrected chi connectivity index (χ4v) is 2.11. The highest BCUT2D eigenvalue weighted by Gasteiger charge is 2.42. The van der Waals surface area contributed by atoms with E-state index in [2.05, 4.69) is 15.3 Å². The van der Waals surface area contributed by atoms with E-state index in [4.69, 9.17) is 0 Å². The zero-order chi connectivity index (χ0) is 12.5. The van der Waals surface area contributed by atoms with Gasteiger partial charge in [-0.1, -0.05) is 12.8 Å². The smallest absolute Gasteiger partial charge is 0.329 e. The van der Waals surface area contributed by atoms with Gasteiger partial charge in [-0.15, -0.1) is 0 Å². The molecule has 0 unspecified atom stereocenters. The number of amides is 1. The van der Waals surface area contributed by atoms with Crippen LogP contribution in [0.1, 0.15) is 36.2 Å². The molecule has 0 atom stereocenters. The molecule has 0 aromatic carbocycles. The first-order chi connectivity index (χ1) is 8.03. The molecule has 1 aliphatic rings. The second-order valence-electron chi connectivity index (χ2n) is 4.20. The van der Waals surface area contributed by atoms with Crippen LogP contribution in [0.15, 0.2) is 11.0 Å². The molecule has 0 bridgehead atoms. The molecule has 1 amide bonds. The Balaban J connectivity index is 2.17. The number of carboxylic acids is 1. The molecule has 1 aromatic heterocycles. The lowest BCUT2D eigenvalue weighted by Crippen LogP contribution is -2.52. The average Bonchev–Trinajstić information content (AvgIpc) is 2.87. The summed E-state index contributed by atoms with van der Waals surface area (Å²) >= 11 is 0. The number of carboxylic acid groups (broad SMARTS) is 1. The fourth-order valence-electron chi connectivity index (χ4n) is 2.11. The molecule has 1 saturated carbocycles. The van der Waals surface area contributed by atoms with E-state index in [-0.39, 0.29) is 5.69 Å². The van der Waals surface area contributed by atoms with E-state index < -0.39 is 23.1 Å². The number of hydrogen-bond acceptors (Lipinski definition) is 3. The summed E-state index contributed by atoms with van der Waals surface area (Å²) in [5.74, 6) is -1.60. The Kier molecular flexibility index (Phi) is 2.74. The van der Waals surface area contributed by atoms with Crippen molar-refractivity contribution < 1.29 is 14.7 Å². The molecule has 1 fully saturated rings. The minimum atomic E-state index is -1.19. The van der Waals surface area contributed by atoms with Crippen molar-refractivity contribution in [2.24, 2.45) is 0 Å². The first kappa shape index (κ1) is 11.4. The summed E-state index contributed by atoms with van der Waals surface area (Å²) in [5, 5.41) is 11.7. The Hall–Kier alpha value is -2.05. The van der Waals surface area contributed by atoms with E-state index in [0.717, 1.165) is 12.8 Å². The topological polar surface area (TPSA) is 115 Å². The van der Waals surface area contributed by atoms with Gasteiger partial charge in [-0.05, 0) is 12.8 Å². The molecule has 1 heterocycles. The molecular weight excluding hydrogens is 226 g/mol. The molecule has 17 heavy (non-hydrogen) atoms. The molecule has 92 valence electrons. The second-order valence-corrected chi connectivity index (χ2v) is 4.20. The highest BCUT2D eigenvalue weighted by atomic mass is 16.4. The summed E-state index contributed by atoms with van der Waals surface area (Å²) in [7, 11) is 0. The monoisotopic (exact) mass is 239 g/mol. The van der Waals surface area contributed by atoms with Gasteiger partial charge in [0.15, 0.2) is 0 Å². The summed E-state index contributed by atoms with van der Waals surface area (Å²) < 4.78 is 0. The number of nitrogens with one attached hydrogen (secondary N) is 3. The van der Waals surface area contributed by atoms with E-state index in [1.165, 1.54) is 6.20 Å². The maximum absolute atomic E-state index is 11.8. The van der Waals surface area contributed by atoms with Gasteiger partial charge in [-0.25, -0.2) is 9.59 Å². The Bertz CT molecular complexity index is 496. The number of carbonyl (C=O) groups excluding carboxylic acids is 1. The van der Waals surface area contributed by atoms with Crippen LogP contribution in [-0.2, 0) is 4.79 Å². The maximum atomic E-state index is 11.8. The quantitative estimate of drug-likeness (QED) is 0.586. The molecule has 1 aromatic rings. The Morgan fingerprint density at radius 2 is 2.00 bits per heavy atom. The van der Waals surface area contributed by atoms with Gasteiger partial charge in [-0.3, -0.25) is 4.79 Å². The largest absolute Gasteiger partial charge is 0.480 e. The first-order valence-electron chi connectivity index (χ1n) is 5.37. The summed E-state index contributed by atoms with van der Waals surface area (Å²) in [6, 6.07) is 0. The third kappa shape index (κ3) is 2.08. The fraction of sp³-hybridized carbons (Fsp3) is 0.500. The number of aliphatic carboxylic acids is 1. The number of imidazole rings is 1. The minimum absolute atomic E-state index is 0.0440. The van der Waals surface area contributed by atoms with E-state index in [9.17, 15) is 19.5 Å². The van der Waals surface area contributed by atoms with E-state index in [1.54, 1.807) is 0 Å². The molecular formula is C10H13N3O4. The summed E-state index contributed by atoms with van der Waals surface area (Å²) in [5.41, 5.74) is -1.64. The molecule has 7 nitrogen and oxygen atoms in total. The average molecular weight is 239 g/mol. The Labute approximate surface area is 96.2 Å². The van der Waals surface area contributed by atoms with Gasteiger partial charge in [0.25, 0.3) is 5.91 Å². The summed E-state index contributed by atoms with van der Waals surface area (Å²) in [4.78, 5) is 38.4. The van der Waals surface area contributed by atoms with Crippen molar-refractivity contribution in [2.75, 3.05) is 0 Å². The van der Waals surface area contributed by atoms with Gasteiger partial charge in [0.2, 0.25) is 0 Å². The molecule has 2 rings (SSSR count). The van der Waals surface area contributed by atoms with Crippen LogP contribution in [0, 0.1) is 0 Å². The van der Waals surface area contributed by atoms with Crippen molar-refractivity contribution in [3.63, 3.8) is 0 Å². The molecule has 4 N–H and O–H groups in total.